The summed E-state index contributed by atoms with van der Waals surface area (Å²) in [5, 5.41) is 4.12. The van der Waals surface area contributed by atoms with Gasteiger partial charge >= 0.3 is 5.97 Å². The van der Waals surface area contributed by atoms with Gasteiger partial charge in [-0.05, 0) is 19.1 Å². The maximum absolute atomic E-state index is 11.9. The summed E-state index contributed by atoms with van der Waals surface area (Å²) in [4.78, 5) is 17.1. The molecule has 1 heterocycles. The van der Waals surface area contributed by atoms with Gasteiger partial charge in [0, 0.05) is 23.5 Å². The number of rotatable bonds is 3. The maximum atomic E-state index is 11.9. The Hall–Kier alpha value is -2.72. The lowest BCUT2D eigenvalue weighted by Gasteiger charge is -2.14. The van der Waals surface area contributed by atoms with Gasteiger partial charge < -0.3 is 9.57 Å². The quantitative estimate of drug-likeness (QED) is 0.636. The Morgan fingerprint density at radius 3 is 2.91 bits per heavy atom. The summed E-state index contributed by atoms with van der Waals surface area (Å²) in [7, 11) is 0. The van der Waals surface area contributed by atoms with E-state index in [1.54, 1.807) is 6.92 Å². The number of benzene rings is 1. The van der Waals surface area contributed by atoms with Crippen molar-refractivity contribution >= 4 is 11.7 Å². The first-order chi connectivity index (χ1) is 11.3. The molecule has 23 heavy (non-hydrogen) atoms. The fraction of sp³-hybridized carbons (Fsp3) is 0.368. The fourth-order valence-corrected chi connectivity index (χ4v) is 2.62. The van der Waals surface area contributed by atoms with Gasteiger partial charge in [0.05, 0.1) is 24.7 Å². The van der Waals surface area contributed by atoms with E-state index in [1.807, 2.05) is 24.3 Å². The second kappa shape index (κ2) is 7.03. The first kappa shape index (κ1) is 15.2. The molecular weight excluding hydrogens is 290 g/mol. The van der Waals surface area contributed by atoms with Crippen LogP contribution in [0.2, 0.25) is 0 Å². The summed E-state index contributed by atoms with van der Waals surface area (Å²) >= 11 is 0. The molecule has 0 aromatic heterocycles. The van der Waals surface area contributed by atoms with Gasteiger partial charge in [-0.1, -0.05) is 41.0 Å². The first-order valence-electron chi connectivity index (χ1n) is 7.72. The van der Waals surface area contributed by atoms with Gasteiger partial charge in [-0.2, -0.15) is 0 Å². The molecule has 3 rings (SSSR count). The molecule has 1 aliphatic carbocycles. The Bertz CT molecular complexity index is 758. The number of carbonyl (C=O) groups excluding carboxylic acids is 1. The van der Waals surface area contributed by atoms with Crippen molar-refractivity contribution in [1.82, 2.24) is 0 Å². The van der Waals surface area contributed by atoms with Crippen LogP contribution < -0.4 is 0 Å². The van der Waals surface area contributed by atoms with Crippen molar-refractivity contribution in [1.29, 1.82) is 0 Å². The van der Waals surface area contributed by atoms with Gasteiger partial charge in [-0.3, -0.25) is 4.79 Å². The Kier molecular flexibility index (Phi) is 4.64. The van der Waals surface area contributed by atoms with E-state index >= 15 is 0 Å². The van der Waals surface area contributed by atoms with Crippen LogP contribution in [0.4, 0.5) is 0 Å². The summed E-state index contributed by atoms with van der Waals surface area (Å²) in [6.45, 7) is 2.65. The molecule has 0 amide bonds. The van der Waals surface area contributed by atoms with E-state index in [0.717, 1.165) is 16.8 Å². The lowest BCUT2D eigenvalue weighted by Crippen LogP contribution is -2.24. The van der Waals surface area contributed by atoms with E-state index in [-0.39, 0.29) is 24.2 Å². The number of hydrogen-bond acceptors (Lipinski definition) is 4. The summed E-state index contributed by atoms with van der Waals surface area (Å²) < 4.78 is 5.06. The monoisotopic (exact) mass is 307 g/mol. The van der Waals surface area contributed by atoms with Gasteiger partial charge in [0.2, 0.25) is 0 Å². The van der Waals surface area contributed by atoms with E-state index < -0.39 is 0 Å². The molecule has 0 saturated carbocycles. The van der Waals surface area contributed by atoms with Crippen LogP contribution in [0.15, 0.2) is 29.4 Å². The van der Waals surface area contributed by atoms with Crippen molar-refractivity contribution in [2.45, 2.75) is 19.8 Å². The van der Waals surface area contributed by atoms with Crippen LogP contribution in [0.3, 0.4) is 0 Å². The molecule has 1 aliphatic heterocycles. The molecule has 0 spiro atoms. The first-order valence-corrected chi connectivity index (χ1v) is 7.72. The Labute approximate surface area is 135 Å². The van der Waals surface area contributed by atoms with E-state index in [9.17, 15) is 4.79 Å². The topological polar surface area (TPSA) is 47.9 Å². The molecule has 4 heteroatoms. The largest absolute Gasteiger partial charge is 0.466 e. The molecule has 2 aliphatic rings. The van der Waals surface area contributed by atoms with Crippen LogP contribution in [0.1, 0.15) is 30.9 Å². The average molecular weight is 307 g/mol. The lowest BCUT2D eigenvalue weighted by molar-refractivity contribution is -0.143. The molecule has 2 atom stereocenters. The van der Waals surface area contributed by atoms with Crippen molar-refractivity contribution in [3.63, 3.8) is 0 Å². The SMILES string of the molecule is CCOC(=O)C[C@@H]1C#Cc2ccccc2C#CC[C@H]2CON=C21. The van der Waals surface area contributed by atoms with Crippen molar-refractivity contribution in [2.24, 2.45) is 17.0 Å². The molecule has 4 nitrogen and oxygen atoms in total. The number of carbonyl (C=O) groups is 1. The van der Waals surface area contributed by atoms with Gasteiger partial charge in [0.25, 0.3) is 0 Å². The molecule has 1 aromatic carbocycles. The minimum Gasteiger partial charge on any atom is -0.466 e. The molecular formula is C19H17NO3. The highest BCUT2D eigenvalue weighted by atomic mass is 16.6. The van der Waals surface area contributed by atoms with E-state index in [4.69, 9.17) is 9.57 Å². The highest BCUT2D eigenvalue weighted by Gasteiger charge is 2.31. The zero-order chi connectivity index (χ0) is 16.1. The number of esters is 1. The van der Waals surface area contributed by atoms with Crippen molar-refractivity contribution in [3.8, 4) is 23.7 Å². The maximum Gasteiger partial charge on any atom is 0.307 e. The smallest absolute Gasteiger partial charge is 0.307 e. The second-order valence-electron chi connectivity index (χ2n) is 5.39. The highest BCUT2D eigenvalue weighted by Crippen LogP contribution is 2.23. The van der Waals surface area contributed by atoms with Crippen LogP contribution in [-0.2, 0) is 14.4 Å². The zero-order valence-corrected chi connectivity index (χ0v) is 13.0. The molecule has 116 valence electrons. The van der Waals surface area contributed by atoms with Gasteiger partial charge in [-0.15, -0.1) is 0 Å². The number of ether oxygens (including phenoxy) is 1. The molecule has 0 unspecified atom stereocenters. The second-order valence-corrected chi connectivity index (χ2v) is 5.39. The van der Waals surface area contributed by atoms with Crippen LogP contribution in [0, 0.1) is 35.5 Å². The van der Waals surface area contributed by atoms with Gasteiger partial charge in [0.1, 0.15) is 6.61 Å². The summed E-state index contributed by atoms with van der Waals surface area (Å²) in [5.41, 5.74) is 2.58. The third-order valence-corrected chi connectivity index (χ3v) is 3.78. The summed E-state index contributed by atoms with van der Waals surface area (Å²) in [6, 6.07) is 7.77. The van der Waals surface area contributed by atoms with Crippen molar-refractivity contribution in [2.75, 3.05) is 13.2 Å². The number of fused-ring (bicyclic) bond motifs is 2. The standard InChI is InChI=1S/C19H17NO3/c1-2-22-18(21)12-16-11-10-15-7-4-3-6-14(15)8-5-9-17-13-23-20-19(16)17/h3-4,6-7,16-17H,2,9,12-13H2,1H3/t16-,17-/m0/s1. The average Bonchev–Trinajstić information content (AvgIpc) is 3.01. The number of oxime groups is 1. The van der Waals surface area contributed by atoms with E-state index in [0.29, 0.717) is 19.6 Å². The minimum absolute atomic E-state index is 0.0847. The van der Waals surface area contributed by atoms with Crippen molar-refractivity contribution in [3.05, 3.63) is 35.4 Å². The third kappa shape index (κ3) is 3.55. The van der Waals surface area contributed by atoms with Gasteiger partial charge in [0.15, 0.2) is 0 Å². The minimum atomic E-state index is -0.297. The van der Waals surface area contributed by atoms with E-state index in [2.05, 4.69) is 28.8 Å². The third-order valence-electron chi connectivity index (χ3n) is 3.78. The van der Waals surface area contributed by atoms with Crippen LogP contribution in [0.25, 0.3) is 0 Å². The predicted octanol–water partition coefficient (Wildman–Crippen LogP) is 2.37. The highest BCUT2D eigenvalue weighted by molar-refractivity contribution is 5.94. The lowest BCUT2D eigenvalue weighted by atomic mass is 9.88. The molecule has 0 radical (unpaired) electrons. The molecule has 0 N–H and O–H groups in total. The van der Waals surface area contributed by atoms with Crippen molar-refractivity contribution < 1.29 is 14.4 Å². The summed E-state index contributed by atoms with van der Waals surface area (Å²) in [6.07, 6.45) is 0.837. The fourth-order valence-electron chi connectivity index (χ4n) is 2.62. The molecule has 0 fully saturated rings. The van der Waals surface area contributed by atoms with Gasteiger partial charge in [-0.25, -0.2) is 0 Å². The van der Waals surface area contributed by atoms with Crippen LogP contribution >= 0.6 is 0 Å². The van der Waals surface area contributed by atoms with E-state index in [1.165, 1.54) is 0 Å². The molecule has 1 aromatic rings. The zero-order valence-electron chi connectivity index (χ0n) is 13.0. The molecule has 0 saturated heterocycles. The number of hydrogen-bond donors (Lipinski definition) is 0. The Morgan fingerprint density at radius 2 is 2.13 bits per heavy atom. The molecule has 0 bridgehead atoms. The van der Waals surface area contributed by atoms with Crippen LogP contribution in [-0.4, -0.2) is 24.9 Å². The normalized spacial score (nSPS) is 21.2. The predicted molar refractivity (Wildman–Crippen MR) is 86.4 cm³/mol. The summed E-state index contributed by atoms with van der Waals surface area (Å²) in [5.74, 6) is 12.2. The van der Waals surface area contributed by atoms with Crippen LogP contribution in [0.5, 0.6) is 0 Å². The Balaban J connectivity index is 1.96. The number of nitrogens with zero attached hydrogens (tertiary/aromatic N) is 1. The Morgan fingerprint density at radius 1 is 1.35 bits per heavy atom.